The molecule has 0 aromatic rings. The van der Waals surface area contributed by atoms with Gasteiger partial charge >= 0.3 is 0 Å². The van der Waals surface area contributed by atoms with Gasteiger partial charge in [0.15, 0.2) is 0 Å². The van der Waals surface area contributed by atoms with Crippen molar-refractivity contribution < 1.29 is 0 Å². The molecule has 2 aliphatic carbocycles. The highest BCUT2D eigenvalue weighted by atomic mass is 14.5. The Morgan fingerprint density at radius 2 is 1.80 bits per heavy atom. The van der Waals surface area contributed by atoms with Crippen molar-refractivity contribution in [2.75, 3.05) is 0 Å². The number of hydrogen-bond acceptors (Lipinski definition) is 0. The highest BCUT2D eigenvalue weighted by molar-refractivity contribution is 5.01. The lowest BCUT2D eigenvalue weighted by atomic mass is 9.48. The Hall–Kier alpha value is 0. The van der Waals surface area contributed by atoms with E-state index in [1.54, 1.807) is 25.7 Å². The molecule has 0 saturated heterocycles. The van der Waals surface area contributed by atoms with E-state index < -0.39 is 0 Å². The molecule has 58 valence electrons. The molecular formula is C10H18. The first-order valence-electron chi connectivity index (χ1n) is 4.74. The zero-order valence-corrected chi connectivity index (χ0v) is 7.19. The van der Waals surface area contributed by atoms with Crippen molar-refractivity contribution in [3.8, 4) is 0 Å². The van der Waals surface area contributed by atoms with Crippen LogP contribution in [0.15, 0.2) is 0 Å². The molecule has 0 heteroatoms. The van der Waals surface area contributed by atoms with Gasteiger partial charge in [-0.05, 0) is 42.9 Å². The molecule has 2 rings (SSSR count). The fraction of sp³-hybridized carbons (Fsp3) is 1.00. The average Bonchev–Trinajstić information content (AvgIpc) is 1.74. The van der Waals surface area contributed by atoms with E-state index >= 15 is 0 Å². The minimum atomic E-state index is 0.889. The molecule has 0 unspecified atom stereocenters. The molecular weight excluding hydrogens is 120 g/mol. The molecule has 0 nitrogen and oxygen atoms in total. The number of rotatable bonds is 1. The van der Waals surface area contributed by atoms with Gasteiger partial charge in [-0.2, -0.15) is 0 Å². The Morgan fingerprint density at radius 3 is 2.20 bits per heavy atom. The largest absolute Gasteiger partial charge is 0.0651 e. The second-order valence-corrected chi connectivity index (χ2v) is 4.70. The average molecular weight is 138 g/mol. The van der Waals surface area contributed by atoms with E-state index in [4.69, 9.17) is 0 Å². The lowest BCUT2D eigenvalue weighted by Gasteiger charge is -2.57. The SMILES string of the molecule is CCC1CC2(CC(C)C2)C1. The van der Waals surface area contributed by atoms with E-state index in [9.17, 15) is 0 Å². The van der Waals surface area contributed by atoms with Gasteiger partial charge in [0.25, 0.3) is 0 Å². The molecule has 0 amide bonds. The van der Waals surface area contributed by atoms with Crippen molar-refractivity contribution in [2.24, 2.45) is 17.3 Å². The summed E-state index contributed by atoms with van der Waals surface area (Å²) < 4.78 is 0. The van der Waals surface area contributed by atoms with Gasteiger partial charge in [-0.3, -0.25) is 0 Å². The van der Waals surface area contributed by atoms with Gasteiger partial charge in [0.1, 0.15) is 0 Å². The summed E-state index contributed by atoms with van der Waals surface area (Å²) in [4.78, 5) is 0. The summed E-state index contributed by atoms with van der Waals surface area (Å²) in [7, 11) is 0. The maximum absolute atomic E-state index is 2.39. The molecule has 0 N–H and O–H groups in total. The van der Waals surface area contributed by atoms with Crippen LogP contribution in [-0.2, 0) is 0 Å². The lowest BCUT2D eigenvalue weighted by molar-refractivity contribution is -0.0625. The zero-order chi connectivity index (χ0) is 7.19. The Labute approximate surface area is 64.0 Å². The second kappa shape index (κ2) is 1.99. The van der Waals surface area contributed by atoms with Gasteiger partial charge in [-0.25, -0.2) is 0 Å². The smallest absolute Gasteiger partial charge is 0.0287 e. The van der Waals surface area contributed by atoms with Gasteiger partial charge in [0, 0.05) is 0 Å². The molecule has 0 heterocycles. The van der Waals surface area contributed by atoms with Crippen LogP contribution in [0.2, 0.25) is 0 Å². The van der Waals surface area contributed by atoms with E-state index in [0.717, 1.165) is 17.3 Å². The quantitative estimate of drug-likeness (QED) is 0.522. The van der Waals surface area contributed by atoms with Crippen LogP contribution in [0.3, 0.4) is 0 Å². The van der Waals surface area contributed by atoms with Gasteiger partial charge in [-0.1, -0.05) is 20.3 Å². The van der Waals surface area contributed by atoms with E-state index in [2.05, 4.69) is 13.8 Å². The highest BCUT2D eigenvalue weighted by Gasteiger charge is 2.50. The Balaban J connectivity index is 1.80. The first-order valence-corrected chi connectivity index (χ1v) is 4.74. The molecule has 2 saturated carbocycles. The second-order valence-electron chi connectivity index (χ2n) is 4.70. The summed E-state index contributed by atoms with van der Waals surface area (Å²) in [5, 5.41) is 0. The number of hydrogen-bond donors (Lipinski definition) is 0. The summed E-state index contributed by atoms with van der Waals surface area (Å²) in [5.74, 6) is 2.16. The van der Waals surface area contributed by atoms with Crippen LogP contribution in [0, 0.1) is 17.3 Å². The maximum Gasteiger partial charge on any atom is -0.0287 e. The monoisotopic (exact) mass is 138 g/mol. The summed E-state index contributed by atoms with van der Waals surface area (Å²) in [6.07, 6.45) is 7.64. The van der Waals surface area contributed by atoms with Crippen LogP contribution in [0.4, 0.5) is 0 Å². The third-order valence-electron chi connectivity index (χ3n) is 3.58. The minimum Gasteiger partial charge on any atom is -0.0651 e. The Morgan fingerprint density at radius 1 is 1.20 bits per heavy atom. The summed E-state index contributed by atoms with van der Waals surface area (Å²) in [6.45, 7) is 4.73. The molecule has 2 fully saturated rings. The molecule has 0 radical (unpaired) electrons. The molecule has 0 aromatic carbocycles. The van der Waals surface area contributed by atoms with Crippen molar-refractivity contribution in [2.45, 2.75) is 46.0 Å². The van der Waals surface area contributed by atoms with E-state index in [1.165, 1.54) is 6.42 Å². The molecule has 0 atom stereocenters. The standard InChI is InChI=1S/C10H18/c1-3-9-6-10(7-9)4-8(2)5-10/h8-9H,3-7H2,1-2H3. The van der Waals surface area contributed by atoms with E-state index in [1.807, 2.05) is 0 Å². The normalized spacial score (nSPS) is 52.2. The van der Waals surface area contributed by atoms with Crippen LogP contribution >= 0.6 is 0 Å². The van der Waals surface area contributed by atoms with Crippen molar-refractivity contribution in [3.63, 3.8) is 0 Å². The van der Waals surface area contributed by atoms with Crippen molar-refractivity contribution in [1.82, 2.24) is 0 Å². The first kappa shape index (κ1) is 6.69. The summed E-state index contributed by atoms with van der Waals surface area (Å²) in [6, 6.07) is 0. The first-order chi connectivity index (χ1) is 4.74. The predicted molar refractivity (Wildman–Crippen MR) is 43.8 cm³/mol. The molecule has 0 aliphatic heterocycles. The van der Waals surface area contributed by atoms with Crippen LogP contribution in [0.25, 0.3) is 0 Å². The predicted octanol–water partition coefficient (Wildman–Crippen LogP) is 3.22. The Kier molecular flexibility index (Phi) is 1.33. The Bertz CT molecular complexity index is 123. The lowest BCUT2D eigenvalue weighted by Crippen LogP contribution is -2.46. The van der Waals surface area contributed by atoms with Crippen LogP contribution < -0.4 is 0 Å². The van der Waals surface area contributed by atoms with Crippen molar-refractivity contribution in [1.29, 1.82) is 0 Å². The van der Waals surface area contributed by atoms with Crippen LogP contribution in [-0.4, -0.2) is 0 Å². The summed E-state index contributed by atoms with van der Waals surface area (Å²) >= 11 is 0. The molecule has 0 bridgehead atoms. The van der Waals surface area contributed by atoms with Crippen LogP contribution in [0.5, 0.6) is 0 Å². The van der Waals surface area contributed by atoms with E-state index in [-0.39, 0.29) is 0 Å². The van der Waals surface area contributed by atoms with Crippen molar-refractivity contribution >= 4 is 0 Å². The summed E-state index contributed by atoms with van der Waals surface area (Å²) in [5.41, 5.74) is 0.889. The zero-order valence-electron chi connectivity index (χ0n) is 7.19. The minimum absolute atomic E-state index is 0.889. The highest BCUT2D eigenvalue weighted by Crippen LogP contribution is 2.61. The fourth-order valence-electron chi connectivity index (χ4n) is 3.21. The third kappa shape index (κ3) is 0.810. The fourth-order valence-corrected chi connectivity index (χ4v) is 3.21. The molecule has 1 spiro atoms. The molecule has 2 aliphatic rings. The van der Waals surface area contributed by atoms with Crippen molar-refractivity contribution in [3.05, 3.63) is 0 Å². The van der Waals surface area contributed by atoms with Gasteiger partial charge in [0.2, 0.25) is 0 Å². The molecule has 0 aromatic heterocycles. The third-order valence-corrected chi connectivity index (χ3v) is 3.58. The molecule has 10 heavy (non-hydrogen) atoms. The topological polar surface area (TPSA) is 0 Å². The van der Waals surface area contributed by atoms with Crippen LogP contribution in [0.1, 0.15) is 46.0 Å². The maximum atomic E-state index is 2.39. The van der Waals surface area contributed by atoms with Gasteiger partial charge < -0.3 is 0 Å². The van der Waals surface area contributed by atoms with E-state index in [0.29, 0.717) is 0 Å². The van der Waals surface area contributed by atoms with Gasteiger partial charge in [0.05, 0.1) is 0 Å². The van der Waals surface area contributed by atoms with Gasteiger partial charge in [-0.15, -0.1) is 0 Å².